The van der Waals surface area contributed by atoms with E-state index in [-0.39, 0.29) is 12.5 Å². The fraction of sp³-hybridized carbons (Fsp3) is 0.467. The fourth-order valence-electron chi connectivity index (χ4n) is 2.36. The van der Waals surface area contributed by atoms with Gasteiger partial charge in [0.2, 0.25) is 0 Å². The van der Waals surface area contributed by atoms with Crippen molar-refractivity contribution in [3.63, 3.8) is 0 Å². The maximum Gasteiger partial charge on any atom is 0.329 e. The molecule has 1 heterocycles. The van der Waals surface area contributed by atoms with Crippen molar-refractivity contribution in [1.82, 2.24) is 4.90 Å². The average molecular weight is 309 g/mol. The highest BCUT2D eigenvalue weighted by Gasteiger charge is 2.43. The van der Waals surface area contributed by atoms with Gasteiger partial charge in [0.15, 0.2) is 0 Å². The summed E-state index contributed by atoms with van der Waals surface area (Å²) in [7, 11) is 0. The lowest BCUT2D eigenvalue weighted by Gasteiger charge is -2.47. The van der Waals surface area contributed by atoms with Crippen molar-refractivity contribution in [2.24, 2.45) is 0 Å². The van der Waals surface area contributed by atoms with E-state index in [1.165, 1.54) is 0 Å². The zero-order valence-electron chi connectivity index (χ0n) is 12.4. The SMILES string of the molecule is CSc1ccc(C)c(C(=O)N2CC(C)(OCC(=O)O)C2)c1. The number of rotatable bonds is 5. The molecule has 0 spiro atoms. The van der Waals surface area contributed by atoms with Crippen LogP contribution in [-0.4, -0.2) is 53.4 Å². The van der Waals surface area contributed by atoms with Gasteiger partial charge in [-0.25, -0.2) is 4.79 Å². The molecule has 21 heavy (non-hydrogen) atoms. The highest BCUT2D eigenvalue weighted by Crippen LogP contribution is 2.28. The van der Waals surface area contributed by atoms with Crippen LogP contribution >= 0.6 is 11.8 Å². The molecule has 1 aliphatic rings. The lowest BCUT2D eigenvalue weighted by molar-refractivity contribution is -0.159. The summed E-state index contributed by atoms with van der Waals surface area (Å²) >= 11 is 1.60. The Bertz CT molecular complexity index is 567. The highest BCUT2D eigenvalue weighted by molar-refractivity contribution is 7.98. The summed E-state index contributed by atoms with van der Waals surface area (Å²) in [6.45, 7) is 4.24. The maximum absolute atomic E-state index is 12.5. The minimum absolute atomic E-state index is 0.0280. The molecule has 1 aromatic carbocycles. The van der Waals surface area contributed by atoms with Crippen molar-refractivity contribution < 1.29 is 19.4 Å². The summed E-state index contributed by atoms with van der Waals surface area (Å²) in [4.78, 5) is 25.8. The van der Waals surface area contributed by atoms with Gasteiger partial charge in [-0.3, -0.25) is 4.79 Å². The van der Waals surface area contributed by atoms with Crippen LogP contribution in [0, 0.1) is 6.92 Å². The Balaban J connectivity index is 2.02. The standard InChI is InChI=1S/C15H19NO4S/c1-10-4-5-11(21-3)6-12(10)14(19)16-8-15(2,9-16)20-7-13(17)18/h4-6H,7-9H2,1-3H3,(H,17,18). The molecule has 1 N–H and O–H groups in total. The van der Waals surface area contributed by atoms with E-state index >= 15 is 0 Å². The van der Waals surface area contributed by atoms with Crippen molar-refractivity contribution in [3.05, 3.63) is 29.3 Å². The van der Waals surface area contributed by atoms with E-state index in [2.05, 4.69) is 0 Å². The van der Waals surface area contributed by atoms with Crippen LogP contribution in [0.25, 0.3) is 0 Å². The van der Waals surface area contributed by atoms with Crippen molar-refractivity contribution in [3.8, 4) is 0 Å². The number of hydrogen-bond donors (Lipinski definition) is 1. The third-order valence-electron chi connectivity index (χ3n) is 3.56. The Kier molecular flexibility index (Phi) is 4.58. The first-order valence-corrected chi connectivity index (χ1v) is 7.87. The summed E-state index contributed by atoms with van der Waals surface area (Å²) in [6, 6.07) is 5.84. The van der Waals surface area contributed by atoms with Gasteiger partial charge in [0.1, 0.15) is 12.2 Å². The number of carbonyl (C=O) groups excluding carboxylic acids is 1. The van der Waals surface area contributed by atoms with Crippen LogP contribution in [0.1, 0.15) is 22.8 Å². The Morgan fingerprint density at radius 1 is 1.43 bits per heavy atom. The number of hydrogen-bond acceptors (Lipinski definition) is 4. The van der Waals surface area contributed by atoms with Gasteiger partial charge in [-0.1, -0.05) is 6.07 Å². The molecule has 6 heteroatoms. The van der Waals surface area contributed by atoms with Gasteiger partial charge in [0, 0.05) is 10.5 Å². The van der Waals surface area contributed by atoms with E-state index in [0.29, 0.717) is 18.7 Å². The smallest absolute Gasteiger partial charge is 0.329 e. The van der Waals surface area contributed by atoms with E-state index < -0.39 is 11.6 Å². The number of amides is 1. The largest absolute Gasteiger partial charge is 0.480 e. The number of aliphatic carboxylic acids is 1. The summed E-state index contributed by atoms with van der Waals surface area (Å²) in [5.74, 6) is -1.02. The summed E-state index contributed by atoms with van der Waals surface area (Å²) in [5, 5.41) is 8.64. The Hall–Kier alpha value is -1.53. The molecule has 0 atom stereocenters. The van der Waals surface area contributed by atoms with E-state index in [9.17, 15) is 9.59 Å². The third kappa shape index (κ3) is 3.57. The van der Waals surface area contributed by atoms with Crippen LogP contribution in [0.4, 0.5) is 0 Å². The van der Waals surface area contributed by atoms with Gasteiger partial charge in [0.25, 0.3) is 5.91 Å². The number of carboxylic acids is 1. The number of thioether (sulfide) groups is 1. The molecule has 0 unspecified atom stereocenters. The molecule has 0 bridgehead atoms. The molecule has 2 rings (SSSR count). The molecular weight excluding hydrogens is 290 g/mol. The van der Waals surface area contributed by atoms with Gasteiger partial charge in [-0.2, -0.15) is 0 Å². The summed E-state index contributed by atoms with van der Waals surface area (Å²) in [6.07, 6.45) is 1.97. The number of carbonyl (C=O) groups is 2. The molecule has 1 fully saturated rings. The first-order chi connectivity index (χ1) is 9.84. The van der Waals surface area contributed by atoms with Crippen LogP contribution in [0.3, 0.4) is 0 Å². The number of likely N-dealkylation sites (tertiary alicyclic amines) is 1. The van der Waals surface area contributed by atoms with Crippen LogP contribution in [0.5, 0.6) is 0 Å². The predicted molar refractivity (Wildman–Crippen MR) is 80.9 cm³/mol. The number of aryl methyl sites for hydroxylation is 1. The van der Waals surface area contributed by atoms with Crippen molar-refractivity contribution in [2.45, 2.75) is 24.3 Å². The van der Waals surface area contributed by atoms with E-state index in [4.69, 9.17) is 9.84 Å². The maximum atomic E-state index is 12.5. The van der Waals surface area contributed by atoms with Crippen LogP contribution in [0.15, 0.2) is 23.1 Å². The second kappa shape index (κ2) is 6.07. The number of carboxylic acid groups (broad SMARTS) is 1. The number of nitrogens with zero attached hydrogens (tertiary/aromatic N) is 1. The highest BCUT2D eigenvalue weighted by atomic mass is 32.2. The number of benzene rings is 1. The molecule has 1 aromatic rings. The molecule has 0 aromatic heterocycles. The lowest BCUT2D eigenvalue weighted by Crippen LogP contribution is -2.63. The van der Waals surface area contributed by atoms with Crippen LogP contribution in [0.2, 0.25) is 0 Å². The topological polar surface area (TPSA) is 66.8 Å². The molecule has 0 radical (unpaired) electrons. The number of ether oxygens (including phenoxy) is 1. The molecule has 5 nitrogen and oxygen atoms in total. The second-order valence-electron chi connectivity index (χ2n) is 5.47. The lowest BCUT2D eigenvalue weighted by atomic mass is 9.94. The minimum Gasteiger partial charge on any atom is -0.480 e. The zero-order chi connectivity index (χ0) is 15.6. The molecule has 1 aliphatic heterocycles. The molecular formula is C15H19NO4S. The Morgan fingerprint density at radius 3 is 2.67 bits per heavy atom. The van der Waals surface area contributed by atoms with Gasteiger partial charge >= 0.3 is 5.97 Å². The van der Waals surface area contributed by atoms with Crippen molar-refractivity contribution in [2.75, 3.05) is 26.0 Å². The normalized spacial score (nSPS) is 16.4. The molecule has 0 aliphatic carbocycles. The average Bonchev–Trinajstić information content (AvgIpc) is 2.42. The molecule has 114 valence electrons. The zero-order valence-corrected chi connectivity index (χ0v) is 13.2. The Labute approximate surface area is 128 Å². The van der Waals surface area contributed by atoms with E-state index in [0.717, 1.165) is 10.5 Å². The molecule has 1 amide bonds. The van der Waals surface area contributed by atoms with E-state index in [1.54, 1.807) is 16.7 Å². The first kappa shape index (κ1) is 15.9. The Morgan fingerprint density at radius 2 is 2.10 bits per heavy atom. The monoisotopic (exact) mass is 309 g/mol. The van der Waals surface area contributed by atoms with Crippen LogP contribution < -0.4 is 0 Å². The second-order valence-corrected chi connectivity index (χ2v) is 6.35. The summed E-state index contributed by atoms with van der Waals surface area (Å²) in [5.41, 5.74) is 1.08. The molecule has 1 saturated heterocycles. The van der Waals surface area contributed by atoms with Gasteiger partial charge in [-0.05, 0) is 37.8 Å². The fourth-order valence-corrected chi connectivity index (χ4v) is 2.80. The predicted octanol–water partition coefficient (Wildman–Crippen LogP) is 2.03. The van der Waals surface area contributed by atoms with Crippen LogP contribution in [-0.2, 0) is 9.53 Å². The molecule has 0 saturated carbocycles. The first-order valence-electron chi connectivity index (χ1n) is 6.64. The minimum atomic E-state index is -0.996. The van der Waals surface area contributed by atoms with Gasteiger partial charge in [0.05, 0.1) is 13.1 Å². The van der Waals surface area contributed by atoms with E-state index in [1.807, 2.05) is 38.3 Å². The third-order valence-corrected chi connectivity index (χ3v) is 4.28. The quantitative estimate of drug-likeness (QED) is 0.843. The summed E-state index contributed by atoms with van der Waals surface area (Å²) < 4.78 is 5.32. The van der Waals surface area contributed by atoms with Gasteiger partial charge < -0.3 is 14.7 Å². The van der Waals surface area contributed by atoms with Crippen molar-refractivity contribution >= 4 is 23.6 Å². The van der Waals surface area contributed by atoms with Gasteiger partial charge in [-0.15, -0.1) is 11.8 Å². The van der Waals surface area contributed by atoms with Crippen molar-refractivity contribution in [1.29, 1.82) is 0 Å².